The first-order valence-corrected chi connectivity index (χ1v) is 4.36. The summed E-state index contributed by atoms with van der Waals surface area (Å²) in [6, 6.07) is 0. The molecule has 0 rings (SSSR count). The summed E-state index contributed by atoms with van der Waals surface area (Å²) in [4.78, 5) is 9.19. The molecule has 0 aromatic heterocycles. The van der Waals surface area contributed by atoms with Crippen LogP contribution in [-0.2, 0) is 4.79 Å². The van der Waals surface area contributed by atoms with Gasteiger partial charge in [0.05, 0.1) is 6.41 Å². The maximum atomic E-state index is 9.19. The molecule has 1 amide bonds. The second kappa shape index (κ2) is 23.8. The van der Waals surface area contributed by atoms with Gasteiger partial charge in [0, 0.05) is 0 Å². The monoisotopic (exact) mass is 238 g/mol. The van der Waals surface area contributed by atoms with Gasteiger partial charge in [0.2, 0.25) is 0 Å². The molecule has 0 unspecified atom stereocenters. The predicted molar refractivity (Wildman–Crippen MR) is 68.6 cm³/mol. The summed E-state index contributed by atoms with van der Waals surface area (Å²) in [6.07, 6.45) is 3.50. The first kappa shape index (κ1) is 24.5. The van der Waals surface area contributed by atoms with Crippen molar-refractivity contribution >= 4 is 44.1 Å². The van der Waals surface area contributed by atoms with Crippen molar-refractivity contribution in [2.24, 2.45) is 0 Å². The smallest absolute Gasteiger partial charge is 0.719 e. The number of nitrogens with one attached hydrogen (secondary N) is 2. The summed E-state index contributed by atoms with van der Waals surface area (Å²) in [7, 11) is 0. The molecule has 0 atom stereocenters. The van der Waals surface area contributed by atoms with Crippen LogP contribution in [0.2, 0.25) is 0 Å². The molecule has 0 aliphatic carbocycles. The standard InChI is InChI=1S/2C4H9.C3H4N2O.Ca/c2*1-4(2)3;4-1-2-5-3-6;/h2*1-3H3;1-2,4H,(H,5,6);/q2*-1;-2;+2. The van der Waals surface area contributed by atoms with Crippen LogP contribution in [0.1, 0.15) is 41.5 Å². The molecule has 0 aromatic carbocycles. The fraction of sp³-hybridized carbons (Fsp3) is 0.545. The Kier molecular flexibility index (Phi) is 38.9. The first-order valence-electron chi connectivity index (χ1n) is 4.36. The summed E-state index contributed by atoms with van der Waals surface area (Å²) in [5.41, 5.74) is 6.28. The van der Waals surface area contributed by atoms with Crippen LogP contribution in [0.15, 0.2) is 12.4 Å². The third-order valence-corrected chi connectivity index (χ3v) is 0.226. The van der Waals surface area contributed by atoms with Crippen LogP contribution in [0.25, 0.3) is 5.73 Å². The second-order valence-electron chi connectivity index (χ2n) is 3.58. The van der Waals surface area contributed by atoms with Gasteiger partial charge in [0.25, 0.3) is 0 Å². The van der Waals surface area contributed by atoms with E-state index in [1.165, 1.54) is 24.4 Å². The Morgan fingerprint density at radius 2 is 1.33 bits per heavy atom. The van der Waals surface area contributed by atoms with Crippen molar-refractivity contribution in [2.75, 3.05) is 0 Å². The maximum absolute atomic E-state index is 9.19. The van der Waals surface area contributed by atoms with E-state index in [4.69, 9.17) is 5.73 Å². The van der Waals surface area contributed by atoms with Gasteiger partial charge in [-0.15, -0.1) is 0 Å². The Hall–Kier alpha value is 0.270. The van der Waals surface area contributed by atoms with Gasteiger partial charge in [-0.2, -0.15) is 47.7 Å². The van der Waals surface area contributed by atoms with E-state index in [-0.39, 0.29) is 37.7 Å². The number of carbonyl (C=O) groups excluding carboxylic acids is 1. The summed E-state index contributed by atoms with van der Waals surface area (Å²) in [5, 5.41) is 2.02. The molecule has 0 saturated heterocycles. The fourth-order valence-electron chi connectivity index (χ4n) is 0.0757. The average Bonchev–Trinajstić information content (AvgIpc) is 1.98. The Morgan fingerprint density at radius 1 is 1.07 bits per heavy atom. The van der Waals surface area contributed by atoms with Crippen LogP contribution < -0.4 is 5.32 Å². The molecule has 15 heavy (non-hydrogen) atoms. The molecular formula is C11H22CaN2O-2. The number of hydrogen-bond donors (Lipinski definition) is 1. The van der Waals surface area contributed by atoms with E-state index in [9.17, 15) is 4.79 Å². The molecule has 3 nitrogen and oxygen atoms in total. The zero-order valence-electron chi connectivity index (χ0n) is 10.8. The minimum atomic E-state index is 0. The molecule has 0 radical (unpaired) electrons. The molecule has 4 heteroatoms. The number of amides is 1. The molecule has 0 aromatic rings. The minimum absolute atomic E-state index is 0. The Bertz CT molecular complexity index is 114. The van der Waals surface area contributed by atoms with Gasteiger partial charge in [0.1, 0.15) is 0 Å². The van der Waals surface area contributed by atoms with Gasteiger partial charge in [-0.05, 0) is 0 Å². The maximum Gasteiger partial charge on any atom is 2.00 e. The molecule has 0 fully saturated rings. The topological polar surface area (TPSA) is 52.9 Å². The molecule has 0 saturated carbocycles. The van der Waals surface area contributed by atoms with Crippen molar-refractivity contribution in [1.29, 1.82) is 0 Å². The first-order chi connectivity index (χ1) is 6.38. The van der Waals surface area contributed by atoms with E-state index in [0.29, 0.717) is 0 Å². The fourth-order valence-corrected chi connectivity index (χ4v) is 0.0757. The van der Waals surface area contributed by atoms with Gasteiger partial charge in [0.15, 0.2) is 0 Å². The zero-order valence-corrected chi connectivity index (χ0v) is 13.0. The van der Waals surface area contributed by atoms with Crippen molar-refractivity contribution in [1.82, 2.24) is 5.32 Å². The van der Waals surface area contributed by atoms with E-state index in [0.717, 1.165) is 6.20 Å². The molecule has 2 N–H and O–H groups in total. The Balaban J connectivity index is -0.0000000606. The van der Waals surface area contributed by atoms with Gasteiger partial charge in [-0.25, -0.2) is 0 Å². The van der Waals surface area contributed by atoms with E-state index >= 15 is 0 Å². The summed E-state index contributed by atoms with van der Waals surface area (Å²) >= 11 is 0. The molecule has 0 spiro atoms. The quantitative estimate of drug-likeness (QED) is 0.449. The van der Waals surface area contributed by atoms with Gasteiger partial charge >= 0.3 is 37.7 Å². The van der Waals surface area contributed by atoms with Crippen molar-refractivity contribution in [3.8, 4) is 0 Å². The van der Waals surface area contributed by atoms with Gasteiger partial charge in [-0.3, -0.25) is 6.20 Å². The van der Waals surface area contributed by atoms with Gasteiger partial charge < -0.3 is 27.7 Å². The predicted octanol–water partition coefficient (Wildman–Crippen LogP) is 3.03. The summed E-state index contributed by atoms with van der Waals surface area (Å²) in [5.74, 6) is 2.83. The molecule has 0 bridgehead atoms. The molecule has 0 heterocycles. The van der Waals surface area contributed by atoms with Crippen LogP contribution in [-0.4, -0.2) is 44.1 Å². The van der Waals surface area contributed by atoms with Crippen LogP contribution in [0.4, 0.5) is 0 Å². The van der Waals surface area contributed by atoms with E-state index in [2.05, 4.69) is 41.5 Å². The normalized spacial score (nSPS) is 8.27. The SMILES string of the molecule is C[C-](C)C.C[C-](C)C.[Ca+2].[NH-]C=CN[C-]=O. The Morgan fingerprint density at radius 3 is 1.40 bits per heavy atom. The van der Waals surface area contributed by atoms with Crippen molar-refractivity contribution in [2.45, 2.75) is 41.5 Å². The van der Waals surface area contributed by atoms with E-state index in [1.807, 2.05) is 5.32 Å². The largest absolute Gasteiger partial charge is 2.00 e. The summed E-state index contributed by atoms with van der Waals surface area (Å²) in [6.45, 7) is 12.5. The number of rotatable bonds is 2. The van der Waals surface area contributed by atoms with E-state index in [1.54, 1.807) is 0 Å². The van der Waals surface area contributed by atoms with Gasteiger partial charge in [-0.1, -0.05) is 0 Å². The number of hydrogen-bond acceptors (Lipinski definition) is 1. The zero-order chi connectivity index (χ0) is 12.0. The van der Waals surface area contributed by atoms with Crippen LogP contribution >= 0.6 is 0 Å². The van der Waals surface area contributed by atoms with Crippen molar-refractivity contribution in [3.05, 3.63) is 30.0 Å². The van der Waals surface area contributed by atoms with Crippen molar-refractivity contribution < 1.29 is 4.79 Å². The third kappa shape index (κ3) is 201. The Labute approximate surface area is 125 Å². The van der Waals surface area contributed by atoms with Crippen molar-refractivity contribution in [3.63, 3.8) is 0 Å². The summed E-state index contributed by atoms with van der Waals surface area (Å²) < 4.78 is 0. The molecule has 86 valence electrons. The third-order valence-electron chi connectivity index (χ3n) is 0.226. The molecule has 0 aliphatic heterocycles. The van der Waals surface area contributed by atoms with Crippen LogP contribution in [0.5, 0.6) is 0 Å². The average molecular weight is 238 g/mol. The molecular weight excluding hydrogens is 216 g/mol. The molecule has 0 aliphatic rings. The van der Waals surface area contributed by atoms with E-state index < -0.39 is 0 Å². The second-order valence-corrected chi connectivity index (χ2v) is 3.58. The minimum Gasteiger partial charge on any atom is -0.719 e. The van der Waals surface area contributed by atoms with Crippen LogP contribution in [0, 0.1) is 11.8 Å². The van der Waals surface area contributed by atoms with Crippen LogP contribution in [0.3, 0.4) is 0 Å².